The molecule has 0 aromatic heterocycles. The second-order valence-corrected chi connectivity index (χ2v) is 9.21. The van der Waals surface area contributed by atoms with Crippen LogP contribution in [-0.2, 0) is 27.7 Å². The second kappa shape index (κ2) is 10.2. The van der Waals surface area contributed by atoms with E-state index in [4.69, 9.17) is 0 Å². The number of hydrogen-bond acceptors (Lipinski definition) is 3. The highest BCUT2D eigenvalue weighted by Crippen LogP contribution is 2.16. The molecule has 0 aliphatic carbocycles. The molecule has 3 aromatic rings. The van der Waals surface area contributed by atoms with Gasteiger partial charge in [-0.05, 0) is 41.8 Å². The zero-order valence-corrected chi connectivity index (χ0v) is 17.4. The lowest BCUT2D eigenvalue weighted by atomic mass is 10.1. The van der Waals surface area contributed by atoms with Crippen molar-refractivity contribution in [1.29, 1.82) is 0 Å². The maximum atomic E-state index is 13.0. The standard InChI is InChI=1S/C24H24FNO3S/c25-22-13-15-23(16-14-22)30(28,29)17-7-12-24(27)26(18-20-8-3-1-4-9-20)19-21-10-5-2-6-11-21/h1-6,8-11,13-16H,7,12,17-19H2. The first-order valence-electron chi connectivity index (χ1n) is 9.78. The van der Waals surface area contributed by atoms with E-state index < -0.39 is 15.7 Å². The first kappa shape index (κ1) is 21.7. The Labute approximate surface area is 176 Å². The Balaban J connectivity index is 1.64. The maximum Gasteiger partial charge on any atom is 0.223 e. The Morgan fingerprint density at radius 3 is 1.77 bits per heavy atom. The number of carbonyl (C=O) groups is 1. The summed E-state index contributed by atoms with van der Waals surface area (Å²) in [6.45, 7) is 0.915. The van der Waals surface area contributed by atoms with Crippen LogP contribution < -0.4 is 0 Å². The third-order valence-electron chi connectivity index (χ3n) is 4.76. The van der Waals surface area contributed by atoms with E-state index in [1.54, 1.807) is 4.90 Å². The van der Waals surface area contributed by atoms with Gasteiger partial charge in [-0.3, -0.25) is 4.79 Å². The molecule has 0 radical (unpaired) electrons. The third kappa shape index (κ3) is 6.26. The van der Waals surface area contributed by atoms with E-state index in [9.17, 15) is 17.6 Å². The highest BCUT2D eigenvalue weighted by molar-refractivity contribution is 7.91. The molecule has 0 saturated heterocycles. The summed E-state index contributed by atoms with van der Waals surface area (Å²) in [4.78, 5) is 14.7. The van der Waals surface area contributed by atoms with Gasteiger partial charge in [-0.1, -0.05) is 60.7 Å². The smallest absolute Gasteiger partial charge is 0.223 e. The molecule has 30 heavy (non-hydrogen) atoms. The van der Waals surface area contributed by atoms with Crippen LogP contribution in [0.2, 0.25) is 0 Å². The largest absolute Gasteiger partial charge is 0.334 e. The molecule has 3 rings (SSSR count). The van der Waals surface area contributed by atoms with Gasteiger partial charge in [0, 0.05) is 19.5 Å². The van der Waals surface area contributed by atoms with Crippen molar-refractivity contribution in [1.82, 2.24) is 4.90 Å². The molecule has 0 bridgehead atoms. The van der Waals surface area contributed by atoms with Gasteiger partial charge in [-0.15, -0.1) is 0 Å². The molecule has 0 saturated carbocycles. The molecule has 0 N–H and O–H groups in total. The van der Waals surface area contributed by atoms with Crippen molar-refractivity contribution in [3.63, 3.8) is 0 Å². The summed E-state index contributed by atoms with van der Waals surface area (Å²) in [7, 11) is -3.55. The normalized spacial score (nSPS) is 11.2. The summed E-state index contributed by atoms with van der Waals surface area (Å²) in [6.07, 6.45) is 0.332. The predicted octanol–water partition coefficient (Wildman–Crippen LogP) is 4.61. The minimum atomic E-state index is -3.55. The minimum Gasteiger partial charge on any atom is -0.334 e. The summed E-state index contributed by atoms with van der Waals surface area (Å²) in [5.41, 5.74) is 2.03. The first-order chi connectivity index (χ1) is 14.4. The van der Waals surface area contributed by atoms with Gasteiger partial charge in [0.15, 0.2) is 9.84 Å². The van der Waals surface area contributed by atoms with Crippen LogP contribution in [0, 0.1) is 5.82 Å². The molecule has 156 valence electrons. The van der Waals surface area contributed by atoms with E-state index in [0.717, 1.165) is 23.3 Å². The lowest BCUT2D eigenvalue weighted by molar-refractivity contribution is -0.132. The van der Waals surface area contributed by atoms with Crippen LogP contribution >= 0.6 is 0 Å². The number of sulfone groups is 1. The zero-order valence-electron chi connectivity index (χ0n) is 16.6. The number of halogens is 1. The Morgan fingerprint density at radius 1 is 0.767 bits per heavy atom. The van der Waals surface area contributed by atoms with Crippen LogP contribution in [-0.4, -0.2) is 25.0 Å². The van der Waals surface area contributed by atoms with E-state index in [2.05, 4.69) is 0 Å². The highest BCUT2D eigenvalue weighted by Gasteiger charge is 2.18. The first-order valence-corrected chi connectivity index (χ1v) is 11.4. The molecule has 0 aliphatic heterocycles. The average Bonchev–Trinajstić information content (AvgIpc) is 2.75. The molecule has 0 spiro atoms. The quantitative estimate of drug-likeness (QED) is 0.471. The Kier molecular flexibility index (Phi) is 7.36. The summed E-state index contributed by atoms with van der Waals surface area (Å²) >= 11 is 0. The van der Waals surface area contributed by atoms with Crippen molar-refractivity contribution in [3.8, 4) is 0 Å². The monoisotopic (exact) mass is 425 g/mol. The van der Waals surface area contributed by atoms with Gasteiger partial charge in [0.2, 0.25) is 5.91 Å². The Hall–Kier alpha value is -2.99. The Morgan fingerprint density at radius 2 is 1.27 bits per heavy atom. The lowest BCUT2D eigenvalue weighted by Gasteiger charge is -2.23. The fourth-order valence-electron chi connectivity index (χ4n) is 3.17. The fraction of sp³-hybridized carbons (Fsp3) is 0.208. The van der Waals surface area contributed by atoms with Crippen LogP contribution in [0.1, 0.15) is 24.0 Å². The molecule has 0 fully saturated rings. The van der Waals surface area contributed by atoms with Gasteiger partial charge in [-0.25, -0.2) is 12.8 Å². The number of rotatable bonds is 9. The number of amides is 1. The van der Waals surface area contributed by atoms with Crippen LogP contribution in [0.15, 0.2) is 89.8 Å². The lowest BCUT2D eigenvalue weighted by Crippen LogP contribution is -2.30. The van der Waals surface area contributed by atoms with Crippen LogP contribution in [0.3, 0.4) is 0 Å². The average molecular weight is 426 g/mol. The number of carbonyl (C=O) groups excluding carboxylic acids is 1. The summed E-state index contributed by atoms with van der Waals surface area (Å²) in [5.74, 6) is -0.742. The van der Waals surface area contributed by atoms with E-state index in [1.807, 2.05) is 60.7 Å². The SMILES string of the molecule is O=C(CCCS(=O)(=O)c1ccc(F)cc1)N(Cc1ccccc1)Cc1ccccc1. The summed E-state index contributed by atoms with van der Waals surface area (Å²) < 4.78 is 37.9. The van der Waals surface area contributed by atoms with E-state index in [1.165, 1.54) is 12.1 Å². The van der Waals surface area contributed by atoms with Gasteiger partial charge >= 0.3 is 0 Å². The molecular weight excluding hydrogens is 401 g/mol. The molecule has 4 nitrogen and oxygen atoms in total. The van der Waals surface area contributed by atoms with Crippen LogP contribution in [0.4, 0.5) is 4.39 Å². The van der Waals surface area contributed by atoms with E-state index in [-0.39, 0.29) is 29.4 Å². The molecule has 3 aromatic carbocycles. The van der Waals surface area contributed by atoms with Crippen molar-refractivity contribution < 1.29 is 17.6 Å². The second-order valence-electron chi connectivity index (χ2n) is 7.10. The Bertz CT molecular complexity index is 1010. The molecule has 0 atom stereocenters. The van der Waals surface area contributed by atoms with E-state index in [0.29, 0.717) is 13.1 Å². The van der Waals surface area contributed by atoms with Gasteiger partial charge in [0.25, 0.3) is 0 Å². The van der Waals surface area contributed by atoms with Crippen molar-refractivity contribution in [2.24, 2.45) is 0 Å². The van der Waals surface area contributed by atoms with Crippen molar-refractivity contribution in [2.45, 2.75) is 30.8 Å². The van der Waals surface area contributed by atoms with Gasteiger partial charge in [0.05, 0.1) is 10.6 Å². The molecule has 0 heterocycles. The zero-order chi connectivity index (χ0) is 21.4. The van der Waals surface area contributed by atoms with Gasteiger partial charge in [-0.2, -0.15) is 0 Å². The van der Waals surface area contributed by atoms with Crippen LogP contribution in [0.5, 0.6) is 0 Å². The van der Waals surface area contributed by atoms with Gasteiger partial charge in [0.1, 0.15) is 5.82 Å². The number of benzene rings is 3. The fourth-order valence-corrected chi connectivity index (χ4v) is 4.48. The maximum absolute atomic E-state index is 13.0. The van der Waals surface area contributed by atoms with Gasteiger partial charge < -0.3 is 4.90 Å². The third-order valence-corrected chi connectivity index (χ3v) is 6.58. The van der Waals surface area contributed by atoms with Crippen molar-refractivity contribution in [3.05, 3.63) is 102 Å². The number of hydrogen-bond donors (Lipinski definition) is 0. The molecular formula is C24H24FNO3S. The number of nitrogens with zero attached hydrogens (tertiary/aromatic N) is 1. The highest BCUT2D eigenvalue weighted by atomic mass is 32.2. The molecule has 1 amide bonds. The van der Waals surface area contributed by atoms with Crippen molar-refractivity contribution in [2.75, 3.05) is 5.75 Å². The minimum absolute atomic E-state index is 0.0711. The summed E-state index contributed by atoms with van der Waals surface area (Å²) in [5, 5.41) is 0. The van der Waals surface area contributed by atoms with Crippen LogP contribution in [0.25, 0.3) is 0 Å². The molecule has 0 unspecified atom stereocenters. The molecule has 6 heteroatoms. The topological polar surface area (TPSA) is 54.5 Å². The van der Waals surface area contributed by atoms with Crippen molar-refractivity contribution >= 4 is 15.7 Å². The predicted molar refractivity (Wildman–Crippen MR) is 115 cm³/mol. The summed E-state index contributed by atoms with van der Waals surface area (Å²) in [6, 6.07) is 24.2. The molecule has 0 aliphatic rings. The van der Waals surface area contributed by atoms with E-state index >= 15 is 0 Å².